The molecule has 8 heavy (non-hydrogen) atoms. The number of nitrogens with one attached hydrogen (secondary N) is 1. The second-order valence-electron chi connectivity index (χ2n) is 1.48. The lowest BCUT2D eigenvalue weighted by Gasteiger charge is -1.99. The number of nitrogens with two attached hydrogens (primary N) is 1. The van der Waals surface area contributed by atoms with Gasteiger partial charge in [-0.05, 0) is 0 Å². The highest BCUT2D eigenvalue weighted by Gasteiger charge is 2.22. The highest BCUT2D eigenvalue weighted by molar-refractivity contribution is 6.01. The second kappa shape index (κ2) is 1.45. The van der Waals surface area contributed by atoms with Gasteiger partial charge in [-0.2, -0.15) is 0 Å². The van der Waals surface area contributed by atoms with Gasteiger partial charge in [0.15, 0.2) is 0 Å². The first kappa shape index (κ1) is 5.04. The van der Waals surface area contributed by atoms with Crippen LogP contribution in [0.5, 0.6) is 0 Å². The minimum Gasteiger partial charge on any atom is -0.275 e. The standard InChI is InChI=1S/C3H5N3O2/c4-6-1-2(7)5-3(6)8/h1,4H2,(H,5,7,8)/i1+1. The van der Waals surface area contributed by atoms with Crippen LogP contribution >= 0.6 is 0 Å². The molecule has 0 spiro atoms. The van der Waals surface area contributed by atoms with E-state index in [0.29, 0.717) is 0 Å². The Morgan fingerprint density at radius 2 is 2.25 bits per heavy atom. The monoisotopic (exact) mass is 116 g/mol. The Kier molecular flexibility index (Phi) is 0.911. The van der Waals surface area contributed by atoms with Gasteiger partial charge in [-0.3, -0.25) is 15.1 Å². The maximum absolute atomic E-state index is 10.3. The average Bonchev–Trinajstić information content (AvgIpc) is 1.85. The lowest BCUT2D eigenvalue weighted by atomic mass is 10.9. The number of carbonyl (C=O) groups excluding carboxylic acids is 2. The van der Waals surface area contributed by atoms with Crippen LogP contribution in [0.25, 0.3) is 0 Å². The van der Waals surface area contributed by atoms with Gasteiger partial charge >= 0.3 is 6.03 Å². The molecular formula is C3H5N3O2. The number of nitrogens with zero attached hydrogens (tertiary/aromatic N) is 1. The van der Waals surface area contributed by atoms with Crippen molar-refractivity contribution in [1.82, 2.24) is 10.3 Å². The summed E-state index contributed by atoms with van der Waals surface area (Å²) in [5.41, 5.74) is 0. The second-order valence-corrected chi connectivity index (χ2v) is 1.48. The van der Waals surface area contributed by atoms with Gasteiger partial charge < -0.3 is 0 Å². The largest absolute Gasteiger partial charge is 0.338 e. The van der Waals surface area contributed by atoms with E-state index in [1.54, 1.807) is 0 Å². The van der Waals surface area contributed by atoms with E-state index in [9.17, 15) is 9.59 Å². The minimum absolute atomic E-state index is 0.0289. The summed E-state index contributed by atoms with van der Waals surface area (Å²) in [7, 11) is 0. The number of urea groups is 1. The summed E-state index contributed by atoms with van der Waals surface area (Å²) in [5, 5.41) is 2.81. The molecule has 1 aliphatic heterocycles. The first-order chi connectivity index (χ1) is 3.70. The van der Waals surface area contributed by atoms with Gasteiger partial charge in [0.25, 0.3) is 0 Å². The zero-order valence-electron chi connectivity index (χ0n) is 4.05. The number of imide groups is 1. The van der Waals surface area contributed by atoms with Gasteiger partial charge in [0.05, 0.1) is 0 Å². The molecular weight excluding hydrogens is 111 g/mol. The molecule has 0 aromatic carbocycles. The van der Waals surface area contributed by atoms with E-state index in [4.69, 9.17) is 5.84 Å². The highest BCUT2D eigenvalue weighted by Crippen LogP contribution is 1.87. The van der Waals surface area contributed by atoms with Crippen molar-refractivity contribution in [1.29, 1.82) is 0 Å². The predicted molar refractivity (Wildman–Crippen MR) is 24.4 cm³/mol. The summed E-state index contributed by atoms with van der Waals surface area (Å²) < 4.78 is 0. The van der Waals surface area contributed by atoms with Crippen molar-refractivity contribution >= 4 is 11.9 Å². The topological polar surface area (TPSA) is 75.4 Å². The van der Waals surface area contributed by atoms with Crippen molar-refractivity contribution in [2.24, 2.45) is 5.84 Å². The number of rotatable bonds is 0. The molecule has 5 heteroatoms. The van der Waals surface area contributed by atoms with E-state index in [1.807, 2.05) is 5.32 Å². The summed E-state index contributed by atoms with van der Waals surface area (Å²) in [6.07, 6.45) is 0. The molecule has 1 aliphatic rings. The third-order valence-corrected chi connectivity index (χ3v) is 0.821. The maximum Gasteiger partial charge on any atom is 0.338 e. The molecule has 0 unspecified atom stereocenters. The van der Waals surface area contributed by atoms with E-state index in [-0.39, 0.29) is 12.5 Å². The molecule has 0 aromatic rings. The third kappa shape index (κ3) is 0.627. The molecule has 5 nitrogen and oxygen atoms in total. The third-order valence-electron chi connectivity index (χ3n) is 0.821. The van der Waals surface area contributed by atoms with Crippen LogP contribution in [-0.2, 0) is 4.79 Å². The van der Waals surface area contributed by atoms with Crippen LogP contribution < -0.4 is 11.2 Å². The SMILES string of the molecule is NN1[13CH2]C(=O)NC1=O. The van der Waals surface area contributed by atoms with Crippen molar-refractivity contribution in [3.63, 3.8) is 0 Å². The Morgan fingerprint density at radius 3 is 2.38 bits per heavy atom. The molecule has 1 heterocycles. The van der Waals surface area contributed by atoms with Crippen LogP contribution in [0.4, 0.5) is 4.79 Å². The summed E-state index contributed by atoms with van der Waals surface area (Å²) >= 11 is 0. The van der Waals surface area contributed by atoms with Gasteiger partial charge in [0.2, 0.25) is 5.91 Å². The fourth-order valence-corrected chi connectivity index (χ4v) is 0.457. The molecule has 44 valence electrons. The Hall–Kier alpha value is -1.10. The summed E-state index contributed by atoms with van der Waals surface area (Å²) in [5.74, 6) is 4.62. The molecule has 1 saturated heterocycles. The molecule has 0 atom stereocenters. The molecule has 1 fully saturated rings. The summed E-state index contributed by atoms with van der Waals surface area (Å²) in [4.78, 5) is 20.5. The zero-order valence-corrected chi connectivity index (χ0v) is 4.05. The van der Waals surface area contributed by atoms with Crippen molar-refractivity contribution in [3.05, 3.63) is 0 Å². The summed E-state index contributed by atoms with van der Waals surface area (Å²) in [6, 6.07) is -0.532. The van der Waals surface area contributed by atoms with Crippen molar-refractivity contribution in [2.75, 3.05) is 6.54 Å². The molecule has 3 amide bonds. The average molecular weight is 116 g/mol. The lowest BCUT2D eigenvalue weighted by Crippen LogP contribution is -2.34. The lowest BCUT2D eigenvalue weighted by molar-refractivity contribution is -0.118. The molecule has 0 radical (unpaired) electrons. The van der Waals surface area contributed by atoms with Crippen LogP contribution in [-0.4, -0.2) is 23.5 Å². The first-order valence-corrected chi connectivity index (χ1v) is 2.06. The normalized spacial score (nSPS) is 19.4. The Balaban J connectivity index is 2.64. The van der Waals surface area contributed by atoms with E-state index in [0.717, 1.165) is 5.01 Å². The fraction of sp³-hybridized carbons (Fsp3) is 0.333. The predicted octanol–water partition coefficient (Wildman–Crippen LogP) is -1.59. The number of hydrazine groups is 1. The molecule has 3 N–H and O–H groups in total. The van der Waals surface area contributed by atoms with E-state index < -0.39 is 6.03 Å². The zero-order chi connectivity index (χ0) is 6.15. The minimum atomic E-state index is -0.532. The number of carbonyl (C=O) groups is 2. The Labute approximate surface area is 45.4 Å². The molecule has 0 saturated carbocycles. The van der Waals surface area contributed by atoms with E-state index in [2.05, 4.69) is 0 Å². The fourth-order valence-electron chi connectivity index (χ4n) is 0.457. The van der Waals surface area contributed by atoms with Crippen LogP contribution in [0.15, 0.2) is 0 Å². The first-order valence-electron chi connectivity index (χ1n) is 2.06. The van der Waals surface area contributed by atoms with E-state index >= 15 is 0 Å². The van der Waals surface area contributed by atoms with Gasteiger partial charge in [-0.25, -0.2) is 10.6 Å². The molecule has 0 aromatic heterocycles. The van der Waals surface area contributed by atoms with Crippen LogP contribution in [0.3, 0.4) is 0 Å². The van der Waals surface area contributed by atoms with Crippen LogP contribution in [0, 0.1) is 0 Å². The number of hydrogen-bond donors (Lipinski definition) is 2. The quantitative estimate of drug-likeness (QED) is 0.173. The van der Waals surface area contributed by atoms with Gasteiger partial charge in [0, 0.05) is 0 Å². The molecule has 1 rings (SSSR count). The van der Waals surface area contributed by atoms with Crippen LogP contribution in [0.2, 0.25) is 0 Å². The Morgan fingerprint density at radius 1 is 1.62 bits per heavy atom. The van der Waals surface area contributed by atoms with Gasteiger partial charge in [-0.15, -0.1) is 0 Å². The highest BCUT2D eigenvalue weighted by atomic mass is 16.2. The van der Waals surface area contributed by atoms with Gasteiger partial charge in [0.1, 0.15) is 6.54 Å². The van der Waals surface area contributed by atoms with Crippen molar-refractivity contribution in [2.45, 2.75) is 0 Å². The maximum atomic E-state index is 10.3. The number of hydrogen-bond acceptors (Lipinski definition) is 3. The van der Waals surface area contributed by atoms with Crippen LogP contribution in [0.1, 0.15) is 0 Å². The molecule has 0 bridgehead atoms. The number of amides is 3. The summed E-state index contributed by atoms with van der Waals surface area (Å²) in [6.45, 7) is -0.0289. The van der Waals surface area contributed by atoms with Crippen molar-refractivity contribution in [3.8, 4) is 0 Å². The molecule has 0 aliphatic carbocycles. The van der Waals surface area contributed by atoms with Crippen molar-refractivity contribution < 1.29 is 9.59 Å². The van der Waals surface area contributed by atoms with Gasteiger partial charge in [-0.1, -0.05) is 0 Å². The van der Waals surface area contributed by atoms with E-state index in [1.165, 1.54) is 0 Å². The smallest absolute Gasteiger partial charge is 0.275 e. The Bertz CT molecular complexity index is 143.